The highest BCUT2D eigenvalue weighted by molar-refractivity contribution is 5.93. The third-order valence-corrected chi connectivity index (χ3v) is 12.4. The lowest BCUT2D eigenvalue weighted by atomic mass is 9.43. The molecule has 2 aromatic rings. The summed E-state index contributed by atoms with van der Waals surface area (Å²) in [6, 6.07) is 9.58. The molecule has 0 aliphatic heterocycles. The Kier molecular flexibility index (Phi) is 7.50. The van der Waals surface area contributed by atoms with Gasteiger partial charge in [-0.1, -0.05) is 39.0 Å². The van der Waals surface area contributed by atoms with Crippen molar-refractivity contribution < 1.29 is 24.9 Å². The standard InChI is InChI=1S/C34H47NO5/c1-20(7-6-14-40-32(39)22-15-21-8-4-5-9-28(21)35-19-22)25-10-11-26-31-27(18-30(38)34(25,26)3)33(2)13-12-24(36)16-23(33)17-29(31)37/h4-5,8-9,15,19-20,23-27,29-31,36-38H,6-7,10-14,16-18H2,1-3H3/t20?,23?,24-,25?,26+,27+,29-,30+,31+,33+,34-/m1/s1. The van der Waals surface area contributed by atoms with Crippen molar-refractivity contribution in [2.75, 3.05) is 6.61 Å². The van der Waals surface area contributed by atoms with Crippen LogP contribution in [-0.2, 0) is 4.74 Å². The second-order valence-corrected chi connectivity index (χ2v) is 14.2. The first-order chi connectivity index (χ1) is 19.1. The van der Waals surface area contributed by atoms with Gasteiger partial charge in [-0.3, -0.25) is 4.98 Å². The van der Waals surface area contributed by atoms with Gasteiger partial charge in [-0.2, -0.15) is 0 Å². The van der Waals surface area contributed by atoms with Crippen molar-refractivity contribution in [1.82, 2.24) is 4.98 Å². The third kappa shape index (κ3) is 4.59. The summed E-state index contributed by atoms with van der Waals surface area (Å²) in [6.07, 6.45) is 8.67. The molecule has 4 fully saturated rings. The molecule has 0 spiro atoms. The first-order valence-corrected chi connectivity index (χ1v) is 15.7. The van der Waals surface area contributed by atoms with Crippen molar-refractivity contribution in [1.29, 1.82) is 0 Å². The molecule has 4 aliphatic carbocycles. The van der Waals surface area contributed by atoms with Crippen LogP contribution in [0.2, 0.25) is 0 Å². The summed E-state index contributed by atoms with van der Waals surface area (Å²) >= 11 is 0. The smallest absolute Gasteiger partial charge is 0.339 e. The highest BCUT2D eigenvalue weighted by Crippen LogP contribution is 2.68. The number of rotatable bonds is 6. The van der Waals surface area contributed by atoms with Crippen LogP contribution in [0.5, 0.6) is 0 Å². The Hall–Kier alpha value is -2.02. The lowest BCUT2D eigenvalue weighted by molar-refractivity contribution is -0.207. The molecular weight excluding hydrogens is 502 g/mol. The second kappa shape index (κ2) is 10.7. The molecule has 1 aromatic heterocycles. The molecule has 40 heavy (non-hydrogen) atoms. The molecule has 4 saturated carbocycles. The number of para-hydroxylation sites is 1. The van der Waals surface area contributed by atoms with E-state index in [1.165, 1.54) is 0 Å². The van der Waals surface area contributed by atoms with Crippen molar-refractivity contribution in [3.05, 3.63) is 42.1 Å². The largest absolute Gasteiger partial charge is 0.462 e. The Morgan fingerprint density at radius 2 is 1.88 bits per heavy atom. The van der Waals surface area contributed by atoms with Crippen LogP contribution in [0.1, 0.15) is 88.9 Å². The van der Waals surface area contributed by atoms with Crippen molar-refractivity contribution in [2.45, 2.75) is 96.9 Å². The van der Waals surface area contributed by atoms with E-state index in [9.17, 15) is 20.1 Å². The molecular formula is C34H47NO5. The maximum absolute atomic E-state index is 12.6. The maximum Gasteiger partial charge on any atom is 0.339 e. The Balaban J connectivity index is 1.08. The highest BCUT2D eigenvalue weighted by atomic mass is 16.5. The number of ether oxygens (including phenoxy) is 1. The molecule has 4 aliphatic rings. The van der Waals surface area contributed by atoms with Crippen molar-refractivity contribution >= 4 is 16.9 Å². The van der Waals surface area contributed by atoms with Crippen LogP contribution in [0.3, 0.4) is 0 Å². The van der Waals surface area contributed by atoms with Gasteiger partial charge in [0.05, 0.1) is 36.0 Å². The zero-order valence-electron chi connectivity index (χ0n) is 24.3. The van der Waals surface area contributed by atoms with E-state index in [4.69, 9.17) is 4.74 Å². The van der Waals surface area contributed by atoms with E-state index < -0.39 is 0 Å². The van der Waals surface area contributed by atoms with Crippen LogP contribution in [0.4, 0.5) is 0 Å². The van der Waals surface area contributed by atoms with Gasteiger partial charge in [-0.05, 0) is 116 Å². The van der Waals surface area contributed by atoms with Gasteiger partial charge in [0.25, 0.3) is 0 Å². The van der Waals surface area contributed by atoms with E-state index in [2.05, 4.69) is 25.8 Å². The summed E-state index contributed by atoms with van der Waals surface area (Å²) in [7, 11) is 0. The van der Waals surface area contributed by atoms with E-state index in [-0.39, 0.29) is 41.0 Å². The lowest BCUT2D eigenvalue weighted by Crippen LogP contribution is -2.62. The van der Waals surface area contributed by atoms with Crippen LogP contribution in [0, 0.1) is 46.3 Å². The molecule has 0 saturated heterocycles. The minimum Gasteiger partial charge on any atom is -0.462 e. The first kappa shape index (κ1) is 28.1. The van der Waals surface area contributed by atoms with Crippen LogP contribution < -0.4 is 0 Å². The molecule has 6 nitrogen and oxygen atoms in total. The fourth-order valence-corrected chi connectivity index (χ4v) is 10.2. The topological polar surface area (TPSA) is 99.9 Å². The number of benzene rings is 1. The van der Waals surface area contributed by atoms with Gasteiger partial charge in [0.2, 0.25) is 0 Å². The summed E-state index contributed by atoms with van der Waals surface area (Å²) in [5.74, 6) is 1.68. The quantitative estimate of drug-likeness (QED) is 0.313. The zero-order chi connectivity index (χ0) is 28.2. The lowest BCUT2D eigenvalue weighted by Gasteiger charge is -2.63. The van der Waals surface area contributed by atoms with Crippen LogP contribution in [-0.4, -0.2) is 51.2 Å². The Bertz CT molecular complexity index is 1230. The number of carbonyl (C=O) groups excluding carboxylic acids is 1. The number of nitrogens with zero attached hydrogens (tertiary/aromatic N) is 1. The maximum atomic E-state index is 12.6. The summed E-state index contributed by atoms with van der Waals surface area (Å²) < 4.78 is 5.62. The fourth-order valence-electron chi connectivity index (χ4n) is 10.2. The normalized spacial score (nSPS) is 41.5. The van der Waals surface area contributed by atoms with E-state index in [1.54, 1.807) is 6.20 Å². The summed E-state index contributed by atoms with van der Waals surface area (Å²) in [5.41, 5.74) is 1.23. The van der Waals surface area contributed by atoms with Gasteiger partial charge in [0.1, 0.15) is 0 Å². The third-order valence-electron chi connectivity index (χ3n) is 12.4. The van der Waals surface area contributed by atoms with E-state index in [0.29, 0.717) is 41.8 Å². The Morgan fingerprint density at radius 3 is 2.70 bits per heavy atom. The summed E-state index contributed by atoms with van der Waals surface area (Å²) in [5, 5.41) is 34.5. The molecule has 0 bridgehead atoms. The van der Waals surface area contributed by atoms with Crippen molar-refractivity contribution in [2.24, 2.45) is 46.3 Å². The van der Waals surface area contributed by atoms with Gasteiger partial charge in [-0.15, -0.1) is 0 Å². The average Bonchev–Trinajstić information content (AvgIpc) is 3.30. The van der Waals surface area contributed by atoms with Gasteiger partial charge >= 0.3 is 5.97 Å². The summed E-state index contributed by atoms with van der Waals surface area (Å²) in [6.45, 7) is 7.35. The minimum atomic E-state index is -0.374. The molecule has 1 heterocycles. The predicted octanol–water partition coefficient (Wildman–Crippen LogP) is 5.77. The number of aliphatic hydroxyl groups excluding tert-OH is 3. The van der Waals surface area contributed by atoms with E-state index >= 15 is 0 Å². The van der Waals surface area contributed by atoms with E-state index in [1.807, 2.05) is 30.3 Å². The molecule has 3 unspecified atom stereocenters. The highest BCUT2D eigenvalue weighted by Gasteiger charge is 2.65. The second-order valence-electron chi connectivity index (χ2n) is 14.2. The number of hydrogen-bond donors (Lipinski definition) is 3. The molecule has 6 heteroatoms. The first-order valence-electron chi connectivity index (χ1n) is 15.7. The number of hydrogen-bond acceptors (Lipinski definition) is 6. The zero-order valence-corrected chi connectivity index (χ0v) is 24.3. The number of esters is 1. The SMILES string of the molecule is CC(CCCOC(=O)c1cnc2ccccc2c1)C1CC[C@H]2[C@@H]3[C@H](O)CC4C[C@H](O)CC[C@]4(C)[C@H]3C[C@H](O)[C@]12C. The Morgan fingerprint density at radius 1 is 1.07 bits per heavy atom. The average molecular weight is 550 g/mol. The van der Waals surface area contributed by atoms with Crippen LogP contribution in [0.15, 0.2) is 36.5 Å². The minimum absolute atomic E-state index is 0.0968. The van der Waals surface area contributed by atoms with Gasteiger partial charge in [-0.25, -0.2) is 4.79 Å². The van der Waals surface area contributed by atoms with Crippen LogP contribution in [0.25, 0.3) is 10.9 Å². The summed E-state index contributed by atoms with van der Waals surface area (Å²) in [4.78, 5) is 17.0. The molecule has 6 rings (SSSR count). The monoisotopic (exact) mass is 549 g/mol. The van der Waals surface area contributed by atoms with Crippen molar-refractivity contribution in [3.63, 3.8) is 0 Å². The van der Waals surface area contributed by atoms with Gasteiger partial charge < -0.3 is 20.1 Å². The van der Waals surface area contributed by atoms with E-state index in [0.717, 1.165) is 68.7 Å². The molecule has 1 aromatic carbocycles. The molecule has 218 valence electrons. The fraction of sp³-hybridized carbons (Fsp3) is 0.706. The molecule has 0 amide bonds. The number of aliphatic hydroxyl groups is 3. The molecule has 0 radical (unpaired) electrons. The van der Waals surface area contributed by atoms with Gasteiger partial charge in [0, 0.05) is 11.6 Å². The number of carbonyl (C=O) groups is 1. The van der Waals surface area contributed by atoms with Crippen LogP contribution >= 0.6 is 0 Å². The number of aromatic nitrogens is 1. The predicted molar refractivity (Wildman–Crippen MR) is 154 cm³/mol. The molecule has 3 N–H and O–H groups in total. The Labute approximate surface area is 238 Å². The number of fused-ring (bicyclic) bond motifs is 6. The molecule has 11 atom stereocenters. The van der Waals surface area contributed by atoms with Gasteiger partial charge in [0.15, 0.2) is 0 Å². The number of pyridine rings is 1. The van der Waals surface area contributed by atoms with Crippen molar-refractivity contribution in [3.8, 4) is 0 Å².